The minimum absolute atomic E-state index is 0.00715. The number of aliphatic carboxylic acids is 1. The fourth-order valence-corrected chi connectivity index (χ4v) is 3.30. The SMILES string of the molecule is CCOc1c(Cl)cccc1CC(=O)N1Cc2nnc(C)n2CC1C(=O)O. The number of aryl methyl sites for hydroxylation is 1. The van der Waals surface area contributed by atoms with E-state index in [1.807, 2.05) is 6.92 Å². The van der Waals surface area contributed by atoms with Gasteiger partial charge in [0.1, 0.15) is 17.6 Å². The number of aromatic nitrogens is 3. The molecule has 2 heterocycles. The molecule has 1 aliphatic heterocycles. The number of ether oxygens (including phenoxy) is 1. The zero-order valence-electron chi connectivity index (χ0n) is 14.5. The molecule has 1 atom stereocenters. The van der Waals surface area contributed by atoms with Crippen molar-refractivity contribution in [1.82, 2.24) is 19.7 Å². The lowest BCUT2D eigenvalue weighted by atomic mass is 10.1. The number of para-hydroxylation sites is 1. The second-order valence-corrected chi connectivity index (χ2v) is 6.39. The highest BCUT2D eigenvalue weighted by atomic mass is 35.5. The van der Waals surface area contributed by atoms with Crippen LogP contribution >= 0.6 is 11.6 Å². The van der Waals surface area contributed by atoms with Crippen molar-refractivity contribution in [2.75, 3.05) is 6.61 Å². The number of amides is 1. The van der Waals surface area contributed by atoms with Crippen LogP contribution in [0, 0.1) is 6.92 Å². The summed E-state index contributed by atoms with van der Waals surface area (Å²) in [4.78, 5) is 25.9. The van der Waals surface area contributed by atoms with Crippen molar-refractivity contribution in [2.45, 2.75) is 39.4 Å². The van der Waals surface area contributed by atoms with Crippen LogP contribution < -0.4 is 4.74 Å². The van der Waals surface area contributed by atoms with Crippen LogP contribution in [0.1, 0.15) is 24.1 Å². The number of halogens is 1. The van der Waals surface area contributed by atoms with Gasteiger partial charge in [-0.15, -0.1) is 10.2 Å². The zero-order valence-corrected chi connectivity index (χ0v) is 15.2. The summed E-state index contributed by atoms with van der Waals surface area (Å²) in [6, 6.07) is 4.20. The fraction of sp³-hybridized carbons (Fsp3) is 0.412. The van der Waals surface area contributed by atoms with Gasteiger partial charge in [-0.25, -0.2) is 4.79 Å². The number of benzene rings is 1. The van der Waals surface area contributed by atoms with Crippen LogP contribution in [0.5, 0.6) is 5.75 Å². The molecule has 1 amide bonds. The summed E-state index contributed by atoms with van der Waals surface area (Å²) in [7, 11) is 0. The maximum absolute atomic E-state index is 12.9. The van der Waals surface area contributed by atoms with Crippen LogP contribution in [0.4, 0.5) is 0 Å². The van der Waals surface area contributed by atoms with E-state index in [-0.39, 0.29) is 25.4 Å². The molecule has 2 aromatic rings. The second kappa shape index (κ2) is 7.33. The van der Waals surface area contributed by atoms with E-state index in [0.29, 0.717) is 34.6 Å². The molecule has 1 aromatic carbocycles. The van der Waals surface area contributed by atoms with Crippen LogP contribution in [-0.4, -0.2) is 49.3 Å². The Morgan fingerprint density at radius 2 is 2.15 bits per heavy atom. The first-order valence-electron chi connectivity index (χ1n) is 8.23. The minimum Gasteiger partial charge on any atom is -0.492 e. The van der Waals surface area contributed by atoms with E-state index >= 15 is 0 Å². The van der Waals surface area contributed by atoms with E-state index in [4.69, 9.17) is 16.3 Å². The molecule has 1 aromatic heterocycles. The van der Waals surface area contributed by atoms with Crippen molar-refractivity contribution < 1.29 is 19.4 Å². The third kappa shape index (κ3) is 3.37. The molecule has 9 heteroatoms. The minimum atomic E-state index is -1.06. The number of fused-ring (bicyclic) bond motifs is 1. The number of carboxylic acids is 1. The molecule has 8 nitrogen and oxygen atoms in total. The average molecular weight is 379 g/mol. The maximum atomic E-state index is 12.9. The van der Waals surface area contributed by atoms with Gasteiger partial charge in [0.15, 0.2) is 5.82 Å². The molecule has 138 valence electrons. The summed E-state index contributed by atoms with van der Waals surface area (Å²) < 4.78 is 7.27. The molecule has 0 saturated carbocycles. The summed E-state index contributed by atoms with van der Waals surface area (Å²) >= 11 is 6.16. The van der Waals surface area contributed by atoms with Crippen molar-refractivity contribution in [2.24, 2.45) is 0 Å². The van der Waals surface area contributed by atoms with Crippen molar-refractivity contribution in [3.63, 3.8) is 0 Å². The maximum Gasteiger partial charge on any atom is 0.328 e. The first kappa shape index (κ1) is 18.2. The lowest BCUT2D eigenvalue weighted by Gasteiger charge is -2.33. The Bertz CT molecular complexity index is 851. The molecular weight excluding hydrogens is 360 g/mol. The van der Waals surface area contributed by atoms with Crippen LogP contribution in [0.2, 0.25) is 5.02 Å². The van der Waals surface area contributed by atoms with Gasteiger partial charge >= 0.3 is 5.97 Å². The highest BCUT2D eigenvalue weighted by molar-refractivity contribution is 6.32. The van der Waals surface area contributed by atoms with Gasteiger partial charge in [0.2, 0.25) is 5.91 Å². The quantitative estimate of drug-likeness (QED) is 0.850. The van der Waals surface area contributed by atoms with Gasteiger partial charge in [0.25, 0.3) is 0 Å². The molecule has 0 spiro atoms. The number of hydrogen-bond donors (Lipinski definition) is 1. The Morgan fingerprint density at radius 3 is 2.85 bits per heavy atom. The van der Waals surface area contributed by atoms with Crippen molar-refractivity contribution in [3.05, 3.63) is 40.4 Å². The largest absolute Gasteiger partial charge is 0.492 e. The molecule has 0 bridgehead atoms. The van der Waals surface area contributed by atoms with Gasteiger partial charge in [-0.2, -0.15) is 0 Å². The lowest BCUT2D eigenvalue weighted by Crippen LogP contribution is -2.51. The van der Waals surface area contributed by atoms with E-state index in [1.165, 1.54) is 4.90 Å². The van der Waals surface area contributed by atoms with E-state index in [9.17, 15) is 14.7 Å². The number of rotatable bonds is 5. The summed E-state index contributed by atoms with van der Waals surface area (Å²) in [6.45, 7) is 4.22. The zero-order chi connectivity index (χ0) is 18.8. The molecular formula is C17H19ClN4O4. The highest BCUT2D eigenvalue weighted by Crippen LogP contribution is 2.30. The molecule has 0 fully saturated rings. The van der Waals surface area contributed by atoms with E-state index in [2.05, 4.69) is 10.2 Å². The molecule has 1 aliphatic rings. The van der Waals surface area contributed by atoms with Gasteiger partial charge in [0.05, 0.1) is 31.1 Å². The predicted octanol–water partition coefficient (Wildman–Crippen LogP) is 1.68. The summed E-state index contributed by atoms with van der Waals surface area (Å²) in [5, 5.41) is 18.0. The number of carbonyl (C=O) groups is 2. The normalized spacial score (nSPS) is 16.3. The Balaban J connectivity index is 1.87. The summed E-state index contributed by atoms with van der Waals surface area (Å²) in [5.41, 5.74) is 0.622. The van der Waals surface area contributed by atoms with Crippen LogP contribution in [0.15, 0.2) is 18.2 Å². The predicted molar refractivity (Wildman–Crippen MR) is 93.1 cm³/mol. The Hall–Kier alpha value is -2.61. The molecule has 0 radical (unpaired) electrons. The Kier molecular flexibility index (Phi) is 5.13. The fourth-order valence-electron chi connectivity index (χ4n) is 3.05. The highest BCUT2D eigenvalue weighted by Gasteiger charge is 2.36. The average Bonchev–Trinajstić information content (AvgIpc) is 2.97. The second-order valence-electron chi connectivity index (χ2n) is 5.99. The third-order valence-electron chi connectivity index (χ3n) is 4.34. The smallest absolute Gasteiger partial charge is 0.328 e. The molecule has 1 N–H and O–H groups in total. The summed E-state index contributed by atoms with van der Waals surface area (Å²) in [5.74, 6) is 0.268. The summed E-state index contributed by atoms with van der Waals surface area (Å²) in [6.07, 6.45) is -0.00715. The van der Waals surface area contributed by atoms with Gasteiger partial charge in [-0.05, 0) is 19.9 Å². The Morgan fingerprint density at radius 1 is 1.38 bits per heavy atom. The van der Waals surface area contributed by atoms with Gasteiger partial charge in [-0.3, -0.25) is 4.79 Å². The van der Waals surface area contributed by atoms with E-state index < -0.39 is 12.0 Å². The van der Waals surface area contributed by atoms with Gasteiger partial charge in [-0.1, -0.05) is 23.7 Å². The standard InChI is InChI=1S/C17H19ClN4O4/c1-3-26-16-11(5-4-6-12(16)18)7-15(23)22-9-14-20-19-10(2)21(14)8-13(22)17(24)25/h4-6,13H,3,7-9H2,1-2H3,(H,24,25). The first-order valence-corrected chi connectivity index (χ1v) is 8.61. The molecule has 0 aliphatic carbocycles. The number of carboxylic acid groups (broad SMARTS) is 1. The van der Waals surface area contributed by atoms with Crippen molar-refractivity contribution in [3.8, 4) is 5.75 Å². The van der Waals surface area contributed by atoms with E-state index in [0.717, 1.165) is 0 Å². The third-order valence-corrected chi connectivity index (χ3v) is 4.64. The van der Waals surface area contributed by atoms with Gasteiger partial charge in [0, 0.05) is 5.56 Å². The van der Waals surface area contributed by atoms with Crippen LogP contribution in [0.3, 0.4) is 0 Å². The van der Waals surface area contributed by atoms with Gasteiger partial charge < -0.3 is 19.3 Å². The van der Waals surface area contributed by atoms with Crippen LogP contribution in [0.25, 0.3) is 0 Å². The number of nitrogens with zero attached hydrogens (tertiary/aromatic N) is 4. The molecule has 26 heavy (non-hydrogen) atoms. The monoisotopic (exact) mass is 378 g/mol. The Labute approximate surface area is 155 Å². The first-order chi connectivity index (χ1) is 12.4. The lowest BCUT2D eigenvalue weighted by molar-refractivity contribution is -0.152. The van der Waals surface area contributed by atoms with E-state index in [1.54, 1.807) is 29.7 Å². The molecule has 0 saturated heterocycles. The number of carbonyl (C=O) groups excluding carboxylic acids is 1. The molecule has 3 rings (SSSR count). The van der Waals surface area contributed by atoms with Crippen molar-refractivity contribution in [1.29, 1.82) is 0 Å². The van der Waals surface area contributed by atoms with Crippen LogP contribution in [-0.2, 0) is 29.1 Å². The van der Waals surface area contributed by atoms with Crippen molar-refractivity contribution >= 4 is 23.5 Å². The molecule has 1 unspecified atom stereocenters. The number of hydrogen-bond acceptors (Lipinski definition) is 5. The topological polar surface area (TPSA) is 97.5 Å².